The summed E-state index contributed by atoms with van der Waals surface area (Å²) in [5.41, 5.74) is 0.567. The molecule has 0 radical (unpaired) electrons. The van der Waals surface area contributed by atoms with Gasteiger partial charge in [-0.2, -0.15) is 0 Å². The Bertz CT molecular complexity index is 481. The van der Waals surface area contributed by atoms with E-state index in [0.717, 1.165) is 13.0 Å². The minimum Gasteiger partial charge on any atom is -0.375 e. The van der Waals surface area contributed by atoms with Gasteiger partial charge in [-0.25, -0.2) is 4.98 Å². The number of anilines is 1. The zero-order valence-electron chi connectivity index (χ0n) is 11.9. The molecule has 1 amide bonds. The van der Waals surface area contributed by atoms with Crippen LogP contribution in [-0.4, -0.2) is 48.1 Å². The standard InChI is InChI=1S/C14H20ClN3O2/c1-3-4-16-13-8-11(7-12(15)17-13)14(19)18-5-6-20-10(2)9-18/h7-8,10H,3-6,9H2,1-2H3,(H,16,17). The van der Waals surface area contributed by atoms with Crippen LogP contribution in [0.5, 0.6) is 0 Å². The predicted octanol–water partition coefficient (Wildman–Crippen LogP) is 2.42. The van der Waals surface area contributed by atoms with Crippen LogP contribution in [0.15, 0.2) is 12.1 Å². The molecule has 5 nitrogen and oxygen atoms in total. The molecule has 2 heterocycles. The Balaban J connectivity index is 2.14. The first kappa shape index (κ1) is 15.1. The molecule has 20 heavy (non-hydrogen) atoms. The van der Waals surface area contributed by atoms with Crippen LogP contribution in [0, 0.1) is 0 Å². The molecule has 1 fully saturated rings. The van der Waals surface area contributed by atoms with Gasteiger partial charge >= 0.3 is 0 Å². The van der Waals surface area contributed by atoms with Gasteiger partial charge in [-0.3, -0.25) is 4.79 Å². The first-order chi connectivity index (χ1) is 9.60. The van der Waals surface area contributed by atoms with E-state index < -0.39 is 0 Å². The van der Waals surface area contributed by atoms with Gasteiger partial charge in [0.05, 0.1) is 12.7 Å². The molecule has 1 atom stereocenters. The largest absolute Gasteiger partial charge is 0.375 e. The van der Waals surface area contributed by atoms with Crippen molar-refractivity contribution in [3.63, 3.8) is 0 Å². The molecule has 0 aliphatic carbocycles. The number of morpholine rings is 1. The molecule has 0 aromatic carbocycles. The first-order valence-electron chi connectivity index (χ1n) is 6.92. The topological polar surface area (TPSA) is 54.5 Å². The molecule has 1 aliphatic rings. The number of pyridine rings is 1. The van der Waals surface area contributed by atoms with Crippen LogP contribution >= 0.6 is 11.6 Å². The highest BCUT2D eigenvalue weighted by Gasteiger charge is 2.23. The summed E-state index contributed by atoms with van der Waals surface area (Å²) in [7, 11) is 0. The van der Waals surface area contributed by atoms with Gasteiger partial charge in [0.15, 0.2) is 0 Å². The van der Waals surface area contributed by atoms with Crippen LogP contribution in [0.3, 0.4) is 0 Å². The maximum absolute atomic E-state index is 12.5. The van der Waals surface area contributed by atoms with Crippen molar-refractivity contribution in [3.8, 4) is 0 Å². The number of nitrogens with zero attached hydrogens (tertiary/aromatic N) is 2. The summed E-state index contributed by atoms with van der Waals surface area (Å²) in [6.45, 7) is 6.63. The molecule has 1 unspecified atom stereocenters. The van der Waals surface area contributed by atoms with E-state index >= 15 is 0 Å². The Hall–Kier alpha value is -1.33. The van der Waals surface area contributed by atoms with E-state index in [4.69, 9.17) is 16.3 Å². The predicted molar refractivity (Wildman–Crippen MR) is 79.3 cm³/mol. The molecule has 2 rings (SSSR count). The summed E-state index contributed by atoms with van der Waals surface area (Å²) < 4.78 is 5.45. The zero-order chi connectivity index (χ0) is 14.5. The van der Waals surface area contributed by atoms with Crippen molar-refractivity contribution in [2.24, 2.45) is 0 Å². The highest BCUT2D eigenvalue weighted by molar-refractivity contribution is 6.29. The molecule has 1 aromatic rings. The third kappa shape index (κ3) is 3.84. The third-order valence-electron chi connectivity index (χ3n) is 3.13. The number of rotatable bonds is 4. The molecule has 6 heteroatoms. The number of hydrogen-bond donors (Lipinski definition) is 1. The molecule has 0 spiro atoms. The number of carbonyl (C=O) groups is 1. The molecule has 1 saturated heterocycles. The second kappa shape index (κ2) is 6.90. The Kier molecular flexibility index (Phi) is 5.20. The van der Waals surface area contributed by atoms with Gasteiger partial charge < -0.3 is 15.0 Å². The number of nitrogens with one attached hydrogen (secondary N) is 1. The summed E-state index contributed by atoms with van der Waals surface area (Å²) in [4.78, 5) is 18.4. The minimum absolute atomic E-state index is 0.0241. The van der Waals surface area contributed by atoms with Gasteiger partial charge in [-0.1, -0.05) is 18.5 Å². The summed E-state index contributed by atoms with van der Waals surface area (Å²) >= 11 is 5.99. The van der Waals surface area contributed by atoms with Gasteiger partial charge in [0.2, 0.25) is 0 Å². The Morgan fingerprint density at radius 2 is 2.40 bits per heavy atom. The van der Waals surface area contributed by atoms with Crippen molar-refractivity contribution in [2.75, 3.05) is 31.6 Å². The maximum atomic E-state index is 12.5. The van der Waals surface area contributed by atoms with E-state index in [2.05, 4.69) is 17.2 Å². The molecule has 1 aliphatic heterocycles. The SMILES string of the molecule is CCCNc1cc(C(=O)N2CCOC(C)C2)cc(Cl)n1. The van der Waals surface area contributed by atoms with Crippen molar-refractivity contribution in [3.05, 3.63) is 22.8 Å². The Labute approximate surface area is 124 Å². The van der Waals surface area contributed by atoms with Gasteiger partial charge in [-0.05, 0) is 25.5 Å². The third-order valence-corrected chi connectivity index (χ3v) is 3.32. The van der Waals surface area contributed by atoms with Crippen LogP contribution in [0.1, 0.15) is 30.6 Å². The quantitative estimate of drug-likeness (QED) is 0.867. The van der Waals surface area contributed by atoms with E-state index in [0.29, 0.717) is 36.2 Å². The van der Waals surface area contributed by atoms with Crippen LogP contribution in [0.4, 0.5) is 5.82 Å². The van der Waals surface area contributed by atoms with E-state index in [-0.39, 0.29) is 12.0 Å². The Morgan fingerprint density at radius 3 is 3.10 bits per heavy atom. The van der Waals surface area contributed by atoms with Crippen LogP contribution in [0.25, 0.3) is 0 Å². The monoisotopic (exact) mass is 297 g/mol. The number of hydrogen-bond acceptors (Lipinski definition) is 4. The number of amides is 1. The van der Waals surface area contributed by atoms with E-state index in [1.54, 1.807) is 17.0 Å². The lowest BCUT2D eigenvalue weighted by atomic mass is 10.2. The highest BCUT2D eigenvalue weighted by atomic mass is 35.5. The lowest BCUT2D eigenvalue weighted by molar-refractivity contribution is -0.0124. The summed E-state index contributed by atoms with van der Waals surface area (Å²) in [6, 6.07) is 3.37. The fourth-order valence-corrected chi connectivity index (χ4v) is 2.36. The lowest BCUT2D eigenvalue weighted by Crippen LogP contribution is -2.44. The average molecular weight is 298 g/mol. The van der Waals surface area contributed by atoms with Gasteiger partial charge in [0.25, 0.3) is 5.91 Å². The number of carbonyl (C=O) groups excluding carboxylic acids is 1. The minimum atomic E-state index is -0.0241. The van der Waals surface area contributed by atoms with Crippen LogP contribution in [-0.2, 0) is 4.74 Å². The number of ether oxygens (including phenoxy) is 1. The van der Waals surface area contributed by atoms with Crippen molar-refractivity contribution in [2.45, 2.75) is 26.4 Å². The smallest absolute Gasteiger partial charge is 0.254 e. The van der Waals surface area contributed by atoms with Crippen LogP contribution < -0.4 is 5.32 Å². The molecular formula is C14H20ClN3O2. The number of halogens is 1. The summed E-state index contributed by atoms with van der Waals surface area (Å²) in [5, 5.41) is 3.48. The molecule has 1 aromatic heterocycles. The summed E-state index contributed by atoms with van der Waals surface area (Å²) in [5.74, 6) is 0.619. The lowest BCUT2D eigenvalue weighted by Gasteiger charge is -2.31. The van der Waals surface area contributed by atoms with E-state index in [9.17, 15) is 4.79 Å². The molecule has 0 bridgehead atoms. The van der Waals surface area contributed by atoms with Crippen LogP contribution in [0.2, 0.25) is 5.15 Å². The molecule has 110 valence electrons. The Morgan fingerprint density at radius 1 is 1.60 bits per heavy atom. The van der Waals surface area contributed by atoms with Crippen molar-refractivity contribution < 1.29 is 9.53 Å². The first-order valence-corrected chi connectivity index (χ1v) is 7.30. The molecule has 0 saturated carbocycles. The summed E-state index contributed by atoms with van der Waals surface area (Å²) in [6.07, 6.45) is 1.06. The van der Waals surface area contributed by atoms with Crippen molar-refractivity contribution >= 4 is 23.3 Å². The highest BCUT2D eigenvalue weighted by Crippen LogP contribution is 2.17. The fraction of sp³-hybridized carbons (Fsp3) is 0.571. The van der Waals surface area contributed by atoms with Gasteiger partial charge in [-0.15, -0.1) is 0 Å². The van der Waals surface area contributed by atoms with E-state index in [1.165, 1.54) is 0 Å². The van der Waals surface area contributed by atoms with Gasteiger partial charge in [0.1, 0.15) is 11.0 Å². The van der Waals surface area contributed by atoms with Crippen molar-refractivity contribution in [1.29, 1.82) is 0 Å². The molecule has 1 N–H and O–H groups in total. The fourth-order valence-electron chi connectivity index (χ4n) is 2.15. The van der Waals surface area contributed by atoms with E-state index in [1.807, 2.05) is 6.92 Å². The molecular weight excluding hydrogens is 278 g/mol. The normalized spacial score (nSPS) is 18.9. The average Bonchev–Trinajstić information content (AvgIpc) is 2.43. The van der Waals surface area contributed by atoms with Crippen molar-refractivity contribution in [1.82, 2.24) is 9.88 Å². The maximum Gasteiger partial charge on any atom is 0.254 e. The zero-order valence-corrected chi connectivity index (χ0v) is 12.6. The van der Waals surface area contributed by atoms with Gasteiger partial charge in [0, 0.05) is 25.2 Å². The second-order valence-electron chi connectivity index (χ2n) is 4.92. The number of aromatic nitrogens is 1. The second-order valence-corrected chi connectivity index (χ2v) is 5.31.